The zero-order valence-corrected chi connectivity index (χ0v) is 16.7. The van der Waals surface area contributed by atoms with E-state index in [9.17, 15) is 14.4 Å². The number of rotatable bonds is 8. The van der Waals surface area contributed by atoms with Gasteiger partial charge in [-0.1, -0.05) is 12.1 Å². The number of hydrogen-bond acceptors (Lipinski definition) is 7. The second-order valence-corrected chi connectivity index (χ2v) is 6.08. The summed E-state index contributed by atoms with van der Waals surface area (Å²) in [6, 6.07) is 9.84. The highest BCUT2D eigenvalue weighted by Gasteiger charge is 2.14. The van der Waals surface area contributed by atoms with Gasteiger partial charge in [0.15, 0.2) is 6.61 Å². The molecule has 0 heterocycles. The number of ether oxygens (including phenoxy) is 4. The molecular formula is C21H23NO7. The highest BCUT2D eigenvalue weighted by Crippen LogP contribution is 2.25. The number of carbonyl (C=O) groups excluding carboxylic acids is 3. The maximum Gasteiger partial charge on any atom is 0.337 e. The van der Waals surface area contributed by atoms with E-state index in [0.717, 1.165) is 5.56 Å². The van der Waals surface area contributed by atoms with E-state index in [2.05, 4.69) is 10.1 Å². The number of carbonyl (C=O) groups is 3. The molecule has 0 aromatic heterocycles. The minimum absolute atomic E-state index is 0.0582. The summed E-state index contributed by atoms with van der Waals surface area (Å²) in [7, 11) is 4.30. The van der Waals surface area contributed by atoms with Crippen molar-refractivity contribution in [1.82, 2.24) is 0 Å². The van der Waals surface area contributed by atoms with Crippen molar-refractivity contribution in [1.29, 1.82) is 0 Å². The second kappa shape index (κ2) is 10.1. The molecule has 8 heteroatoms. The fourth-order valence-electron chi connectivity index (χ4n) is 2.54. The topological polar surface area (TPSA) is 100 Å². The summed E-state index contributed by atoms with van der Waals surface area (Å²) in [5, 5.41) is 2.62. The van der Waals surface area contributed by atoms with Gasteiger partial charge >= 0.3 is 11.9 Å². The molecule has 0 fully saturated rings. The minimum atomic E-state index is -0.580. The molecule has 0 spiro atoms. The van der Waals surface area contributed by atoms with Crippen LogP contribution in [0.5, 0.6) is 11.5 Å². The van der Waals surface area contributed by atoms with Crippen LogP contribution in [0.2, 0.25) is 0 Å². The van der Waals surface area contributed by atoms with Gasteiger partial charge in [-0.05, 0) is 30.7 Å². The van der Waals surface area contributed by atoms with E-state index in [1.165, 1.54) is 27.4 Å². The van der Waals surface area contributed by atoms with Crippen LogP contribution >= 0.6 is 0 Å². The van der Waals surface area contributed by atoms with E-state index in [-0.39, 0.29) is 6.42 Å². The molecule has 29 heavy (non-hydrogen) atoms. The Morgan fingerprint density at radius 2 is 1.72 bits per heavy atom. The number of aryl methyl sites for hydroxylation is 1. The first-order valence-electron chi connectivity index (χ1n) is 8.73. The van der Waals surface area contributed by atoms with E-state index in [1.807, 2.05) is 0 Å². The number of amides is 1. The van der Waals surface area contributed by atoms with Crippen LogP contribution in [0.4, 0.5) is 5.69 Å². The van der Waals surface area contributed by atoms with E-state index in [1.54, 1.807) is 37.3 Å². The van der Waals surface area contributed by atoms with Crippen LogP contribution in [0.3, 0.4) is 0 Å². The van der Waals surface area contributed by atoms with Crippen LogP contribution < -0.4 is 14.8 Å². The van der Waals surface area contributed by atoms with Gasteiger partial charge in [-0.25, -0.2) is 4.79 Å². The molecule has 1 amide bonds. The van der Waals surface area contributed by atoms with Crippen molar-refractivity contribution in [3.63, 3.8) is 0 Å². The van der Waals surface area contributed by atoms with Crippen molar-refractivity contribution in [2.24, 2.45) is 0 Å². The molecule has 2 aromatic rings. The Kier molecular flexibility index (Phi) is 7.59. The summed E-state index contributed by atoms with van der Waals surface area (Å²) in [4.78, 5) is 35.8. The van der Waals surface area contributed by atoms with Crippen molar-refractivity contribution in [3.05, 3.63) is 53.1 Å². The summed E-state index contributed by atoms with van der Waals surface area (Å²) in [5.41, 5.74) is 2.10. The van der Waals surface area contributed by atoms with Crippen LogP contribution in [0.1, 0.15) is 21.5 Å². The minimum Gasteiger partial charge on any atom is -0.497 e. The molecule has 0 atom stereocenters. The summed E-state index contributed by atoms with van der Waals surface area (Å²) in [6.45, 7) is 1.32. The number of benzene rings is 2. The van der Waals surface area contributed by atoms with E-state index in [0.29, 0.717) is 28.3 Å². The Balaban J connectivity index is 1.94. The predicted molar refractivity (Wildman–Crippen MR) is 105 cm³/mol. The third kappa shape index (κ3) is 5.97. The van der Waals surface area contributed by atoms with Crippen LogP contribution in [0, 0.1) is 6.92 Å². The fraction of sp³-hybridized carbons (Fsp3) is 0.286. The van der Waals surface area contributed by atoms with Gasteiger partial charge in [0.2, 0.25) is 0 Å². The lowest BCUT2D eigenvalue weighted by atomic mass is 10.1. The number of esters is 2. The molecule has 0 aliphatic rings. The molecule has 8 nitrogen and oxygen atoms in total. The molecule has 0 saturated carbocycles. The molecule has 0 aliphatic carbocycles. The van der Waals surface area contributed by atoms with Crippen molar-refractivity contribution in [2.75, 3.05) is 33.3 Å². The lowest BCUT2D eigenvalue weighted by Crippen LogP contribution is -2.22. The molecule has 0 unspecified atom stereocenters. The number of methoxy groups -OCH3 is 3. The van der Waals surface area contributed by atoms with Crippen molar-refractivity contribution >= 4 is 23.5 Å². The van der Waals surface area contributed by atoms with Gasteiger partial charge in [-0.2, -0.15) is 0 Å². The Morgan fingerprint density at radius 1 is 0.966 bits per heavy atom. The van der Waals surface area contributed by atoms with Crippen LogP contribution in [-0.2, 0) is 25.5 Å². The molecular weight excluding hydrogens is 378 g/mol. The first-order valence-corrected chi connectivity index (χ1v) is 8.73. The Labute approximate surface area is 168 Å². The molecule has 2 rings (SSSR count). The van der Waals surface area contributed by atoms with Crippen molar-refractivity contribution in [3.8, 4) is 11.5 Å². The first kappa shape index (κ1) is 21.7. The third-order valence-corrected chi connectivity index (χ3v) is 4.13. The normalized spacial score (nSPS) is 10.1. The molecule has 154 valence electrons. The zero-order chi connectivity index (χ0) is 21.4. The average molecular weight is 401 g/mol. The Morgan fingerprint density at radius 3 is 2.38 bits per heavy atom. The third-order valence-electron chi connectivity index (χ3n) is 4.13. The smallest absolute Gasteiger partial charge is 0.337 e. The molecule has 0 radical (unpaired) electrons. The van der Waals surface area contributed by atoms with E-state index >= 15 is 0 Å². The van der Waals surface area contributed by atoms with Gasteiger partial charge in [0.25, 0.3) is 5.91 Å². The number of anilines is 1. The predicted octanol–water partition coefficient (Wildman–Crippen LogP) is 2.52. The molecule has 0 saturated heterocycles. The van der Waals surface area contributed by atoms with Crippen LogP contribution in [0.25, 0.3) is 0 Å². The monoisotopic (exact) mass is 401 g/mol. The summed E-state index contributed by atoms with van der Waals surface area (Å²) in [5.74, 6) is -0.530. The summed E-state index contributed by atoms with van der Waals surface area (Å²) >= 11 is 0. The van der Waals surface area contributed by atoms with Crippen molar-refractivity contribution in [2.45, 2.75) is 13.3 Å². The van der Waals surface area contributed by atoms with Crippen LogP contribution in [-0.4, -0.2) is 45.8 Å². The second-order valence-electron chi connectivity index (χ2n) is 6.08. The van der Waals surface area contributed by atoms with Gasteiger partial charge in [-0.3, -0.25) is 9.59 Å². The van der Waals surface area contributed by atoms with Crippen molar-refractivity contribution < 1.29 is 33.3 Å². The first-order chi connectivity index (χ1) is 13.9. The molecule has 1 N–H and O–H groups in total. The number of hydrogen-bond donors (Lipinski definition) is 1. The van der Waals surface area contributed by atoms with E-state index in [4.69, 9.17) is 14.2 Å². The lowest BCUT2D eigenvalue weighted by Gasteiger charge is -2.12. The van der Waals surface area contributed by atoms with Gasteiger partial charge in [-0.15, -0.1) is 0 Å². The average Bonchev–Trinajstić information content (AvgIpc) is 2.73. The van der Waals surface area contributed by atoms with Crippen LogP contribution in [0.15, 0.2) is 36.4 Å². The van der Waals surface area contributed by atoms with Gasteiger partial charge in [0.05, 0.1) is 33.3 Å². The maximum atomic E-state index is 12.1. The molecule has 2 aromatic carbocycles. The van der Waals surface area contributed by atoms with Gasteiger partial charge in [0, 0.05) is 17.3 Å². The summed E-state index contributed by atoms with van der Waals surface area (Å²) in [6.07, 6.45) is -0.0582. The standard InChI is InChI=1S/C21H23NO7/c1-13-5-6-15(21(25)28-4)9-17(13)22-19(23)12-29-20(24)10-14-7-8-16(26-2)11-18(14)27-3/h5-9,11H,10,12H2,1-4H3,(H,22,23). The highest BCUT2D eigenvalue weighted by atomic mass is 16.5. The van der Waals surface area contributed by atoms with E-state index < -0.39 is 24.5 Å². The van der Waals surface area contributed by atoms with Gasteiger partial charge in [0.1, 0.15) is 11.5 Å². The number of nitrogens with one attached hydrogen (secondary N) is 1. The summed E-state index contributed by atoms with van der Waals surface area (Å²) < 4.78 is 20.1. The molecule has 0 bridgehead atoms. The fourth-order valence-corrected chi connectivity index (χ4v) is 2.54. The lowest BCUT2D eigenvalue weighted by molar-refractivity contribution is -0.146. The Hall–Kier alpha value is -3.55. The largest absolute Gasteiger partial charge is 0.497 e. The SMILES string of the molecule is COC(=O)c1ccc(C)c(NC(=O)COC(=O)Cc2ccc(OC)cc2OC)c1. The van der Waals surface area contributed by atoms with Gasteiger partial charge < -0.3 is 24.3 Å². The molecule has 0 aliphatic heterocycles. The Bertz CT molecular complexity index is 908. The zero-order valence-electron chi connectivity index (χ0n) is 16.7. The highest BCUT2D eigenvalue weighted by molar-refractivity contribution is 5.96. The maximum absolute atomic E-state index is 12.1. The quantitative estimate of drug-likeness (QED) is 0.679.